The van der Waals surface area contributed by atoms with Gasteiger partial charge in [0.15, 0.2) is 0 Å². The van der Waals surface area contributed by atoms with Crippen molar-refractivity contribution in [3.8, 4) is 0 Å². The number of hydrogen-bond acceptors (Lipinski definition) is 3. The maximum absolute atomic E-state index is 4.39. The highest BCUT2D eigenvalue weighted by Gasteiger charge is 2.04. The van der Waals surface area contributed by atoms with Crippen molar-refractivity contribution < 1.29 is 0 Å². The molecule has 0 saturated heterocycles. The van der Waals surface area contributed by atoms with E-state index in [0.29, 0.717) is 4.58 Å². The Hall–Kier alpha value is 0.660. The quantitative estimate of drug-likeness (QED) is 0.462. The van der Waals surface area contributed by atoms with Crippen LogP contribution >= 0.6 is 24.4 Å². The molecule has 0 bridgehead atoms. The Labute approximate surface area is 106 Å². The van der Waals surface area contributed by atoms with Crippen molar-refractivity contribution in [1.29, 1.82) is 0 Å². The summed E-state index contributed by atoms with van der Waals surface area (Å²) in [4.78, 5) is 2.61. The number of thiol groups is 1. The van der Waals surface area contributed by atoms with Crippen LogP contribution in [0, 0.1) is 0 Å². The molecule has 0 rings (SSSR count). The Kier molecular flexibility index (Phi) is 11.6. The van der Waals surface area contributed by atoms with Gasteiger partial charge in [-0.05, 0) is 32.9 Å². The molecular formula is C12H27NS2. The standard InChI is InChI=1S/C12H27NS2/c1-4-6-8-13(9-7-5-2)10-11-15-12(3)14/h12,14H,4-11H2,1-3H3. The summed E-state index contributed by atoms with van der Waals surface area (Å²) in [5.41, 5.74) is 0. The van der Waals surface area contributed by atoms with Gasteiger partial charge in [-0.2, -0.15) is 12.6 Å². The third-order valence-electron chi connectivity index (χ3n) is 2.42. The summed E-state index contributed by atoms with van der Waals surface area (Å²) in [5.74, 6) is 1.22. The Bertz CT molecular complexity index is 121. The van der Waals surface area contributed by atoms with E-state index in [1.807, 2.05) is 11.8 Å². The molecule has 0 heterocycles. The first-order valence-electron chi connectivity index (χ1n) is 6.22. The summed E-state index contributed by atoms with van der Waals surface area (Å²) < 4.78 is 0.476. The summed E-state index contributed by atoms with van der Waals surface area (Å²) in [6.07, 6.45) is 5.28. The highest BCUT2D eigenvalue weighted by molar-refractivity contribution is 8.10. The Balaban J connectivity index is 3.58. The van der Waals surface area contributed by atoms with Crippen molar-refractivity contribution >= 4 is 24.4 Å². The van der Waals surface area contributed by atoms with E-state index in [0.717, 1.165) is 0 Å². The molecule has 0 aromatic carbocycles. The van der Waals surface area contributed by atoms with E-state index in [1.165, 1.54) is 51.1 Å². The van der Waals surface area contributed by atoms with E-state index in [2.05, 4.69) is 38.3 Å². The molecule has 0 radical (unpaired) electrons. The smallest absolute Gasteiger partial charge is 0.0444 e. The molecule has 1 atom stereocenters. The van der Waals surface area contributed by atoms with Crippen LogP contribution in [0.15, 0.2) is 0 Å². The van der Waals surface area contributed by atoms with Crippen LogP contribution < -0.4 is 0 Å². The van der Waals surface area contributed by atoms with Gasteiger partial charge in [0, 0.05) is 16.9 Å². The molecule has 0 amide bonds. The fourth-order valence-corrected chi connectivity index (χ4v) is 2.47. The largest absolute Gasteiger partial charge is 0.303 e. The van der Waals surface area contributed by atoms with Crippen LogP contribution in [-0.4, -0.2) is 34.9 Å². The Morgan fingerprint density at radius 1 is 1.07 bits per heavy atom. The van der Waals surface area contributed by atoms with Crippen LogP contribution in [0.2, 0.25) is 0 Å². The highest BCUT2D eigenvalue weighted by Crippen LogP contribution is 2.13. The zero-order chi connectivity index (χ0) is 11.5. The third kappa shape index (κ3) is 10.9. The molecule has 0 aliphatic heterocycles. The van der Waals surface area contributed by atoms with Crippen molar-refractivity contribution in [3.63, 3.8) is 0 Å². The number of thioether (sulfide) groups is 1. The number of unbranched alkanes of at least 4 members (excludes halogenated alkanes) is 2. The van der Waals surface area contributed by atoms with E-state index < -0.39 is 0 Å². The van der Waals surface area contributed by atoms with E-state index in [1.54, 1.807) is 0 Å². The predicted octanol–water partition coefficient (Wildman–Crippen LogP) is 3.90. The van der Waals surface area contributed by atoms with Crippen molar-refractivity contribution in [2.75, 3.05) is 25.4 Å². The van der Waals surface area contributed by atoms with Crippen LogP contribution in [0.3, 0.4) is 0 Å². The first kappa shape index (κ1) is 15.7. The van der Waals surface area contributed by atoms with Crippen molar-refractivity contribution in [1.82, 2.24) is 4.90 Å². The molecule has 0 aliphatic carbocycles. The Morgan fingerprint density at radius 2 is 1.60 bits per heavy atom. The van der Waals surface area contributed by atoms with E-state index in [-0.39, 0.29) is 0 Å². The maximum Gasteiger partial charge on any atom is 0.0444 e. The first-order valence-corrected chi connectivity index (χ1v) is 7.79. The lowest BCUT2D eigenvalue weighted by Gasteiger charge is -2.21. The monoisotopic (exact) mass is 249 g/mol. The Morgan fingerprint density at radius 3 is 2.00 bits per heavy atom. The van der Waals surface area contributed by atoms with Gasteiger partial charge in [-0.25, -0.2) is 0 Å². The lowest BCUT2D eigenvalue weighted by molar-refractivity contribution is 0.281. The van der Waals surface area contributed by atoms with Crippen molar-refractivity contribution in [2.45, 2.75) is 51.0 Å². The van der Waals surface area contributed by atoms with Gasteiger partial charge in [0.25, 0.3) is 0 Å². The van der Waals surface area contributed by atoms with Crippen molar-refractivity contribution in [3.05, 3.63) is 0 Å². The topological polar surface area (TPSA) is 3.24 Å². The van der Waals surface area contributed by atoms with Gasteiger partial charge in [-0.15, -0.1) is 11.8 Å². The minimum Gasteiger partial charge on any atom is -0.303 e. The van der Waals surface area contributed by atoms with Crippen molar-refractivity contribution in [2.24, 2.45) is 0 Å². The molecule has 0 aliphatic rings. The second-order valence-electron chi connectivity index (χ2n) is 4.02. The van der Waals surface area contributed by atoms with E-state index in [4.69, 9.17) is 0 Å². The summed E-state index contributed by atoms with van der Waals surface area (Å²) in [7, 11) is 0. The number of nitrogens with zero attached hydrogens (tertiary/aromatic N) is 1. The third-order valence-corrected chi connectivity index (χ3v) is 3.77. The molecule has 1 nitrogen and oxygen atoms in total. The molecule has 0 saturated carbocycles. The fourth-order valence-electron chi connectivity index (χ4n) is 1.45. The molecule has 0 aromatic heterocycles. The number of rotatable bonds is 10. The van der Waals surface area contributed by atoms with Gasteiger partial charge in [0.2, 0.25) is 0 Å². The van der Waals surface area contributed by atoms with Gasteiger partial charge >= 0.3 is 0 Å². The zero-order valence-electron chi connectivity index (χ0n) is 10.5. The fraction of sp³-hybridized carbons (Fsp3) is 1.00. The van der Waals surface area contributed by atoms with Crippen LogP contribution in [0.1, 0.15) is 46.5 Å². The summed E-state index contributed by atoms with van der Waals surface area (Å²) in [5, 5.41) is 0. The van der Waals surface area contributed by atoms with Gasteiger partial charge in [0.1, 0.15) is 0 Å². The minimum atomic E-state index is 0.476. The molecular weight excluding hydrogens is 222 g/mol. The van der Waals surface area contributed by atoms with Crippen LogP contribution in [0.4, 0.5) is 0 Å². The first-order chi connectivity index (χ1) is 7.20. The lowest BCUT2D eigenvalue weighted by Crippen LogP contribution is -2.28. The predicted molar refractivity (Wildman–Crippen MR) is 77.2 cm³/mol. The molecule has 92 valence electrons. The average Bonchev–Trinajstić information content (AvgIpc) is 2.20. The molecule has 0 fully saturated rings. The van der Waals surface area contributed by atoms with Crippen LogP contribution in [0.25, 0.3) is 0 Å². The molecule has 0 spiro atoms. The second-order valence-corrected chi connectivity index (χ2v) is 6.59. The SMILES string of the molecule is CCCCN(CCCC)CCSC(C)S. The maximum atomic E-state index is 4.39. The van der Waals surface area contributed by atoms with Gasteiger partial charge in [0.05, 0.1) is 0 Å². The van der Waals surface area contributed by atoms with Crippen LogP contribution in [0.5, 0.6) is 0 Å². The highest BCUT2D eigenvalue weighted by atomic mass is 32.2. The summed E-state index contributed by atoms with van der Waals surface area (Å²) in [6.45, 7) is 10.5. The zero-order valence-corrected chi connectivity index (χ0v) is 12.2. The van der Waals surface area contributed by atoms with Gasteiger partial charge in [-0.1, -0.05) is 26.7 Å². The lowest BCUT2D eigenvalue weighted by atomic mass is 10.2. The minimum absolute atomic E-state index is 0.476. The van der Waals surface area contributed by atoms with Gasteiger partial charge in [-0.3, -0.25) is 0 Å². The van der Waals surface area contributed by atoms with Gasteiger partial charge < -0.3 is 4.90 Å². The average molecular weight is 249 g/mol. The summed E-state index contributed by atoms with van der Waals surface area (Å²) >= 11 is 6.34. The molecule has 0 N–H and O–H groups in total. The van der Waals surface area contributed by atoms with E-state index in [9.17, 15) is 0 Å². The molecule has 1 unspecified atom stereocenters. The van der Waals surface area contributed by atoms with Crippen LogP contribution in [-0.2, 0) is 0 Å². The molecule has 0 aromatic rings. The molecule has 15 heavy (non-hydrogen) atoms. The van der Waals surface area contributed by atoms with E-state index >= 15 is 0 Å². The summed E-state index contributed by atoms with van der Waals surface area (Å²) in [6, 6.07) is 0. The molecule has 3 heteroatoms. The number of hydrogen-bond donors (Lipinski definition) is 1. The normalized spacial score (nSPS) is 13.4. The second kappa shape index (κ2) is 11.2.